The number of amides is 1. The maximum Gasteiger partial charge on any atom is 0.424 e. The zero-order valence-electron chi connectivity index (χ0n) is 13.0. The number of aliphatic carboxylic acids is 1. The van der Waals surface area contributed by atoms with E-state index < -0.39 is 41.1 Å². The molecule has 0 fully saturated rings. The largest absolute Gasteiger partial charge is 0.480 e. The van der Waals surface area contributed by atoms with Crippen LogP contribution in [-0.2, 0) is 15.2 Å². The van der Waals surface area contributed by atoms with Gasteiger partial charge in [0.25, 0.3) is 0 Å². The van der Waals surface area contributed by atoms with Gasteiger partial charge < -0.3 is 15.5 Å². The van der Waals surface area contributed by atoms with Gasteiger partial charge in [-0.2, -0.15) is 13.2 Å². The number of hydrogen-bond donors (Lipinski definition) is 3. The van der Waals surface area contributed by atoms with Gasteiger partial charge >= 0.3 is 12.1 Å². The summed E-state index contributed by atoms with van der Waals surface area (Å²) in [5.74, 6) is -2.60. The Balaban J connectivity index is 2.35. The minimum atomic E-state index is -5.16. The van der Waals surface area contributed by atoms with Gasteiger partial charge in [-0.15, -0.1) is 11.3 Å². The number of hydrogen-bond acceptors (Lipinski definition) is 5. The van der Waals surface area contributed by atoms with Crippen LogP contribution in [0.15, 0.2) is 24.3 Å². The number of thiazole rings is 1. The lowest BCUT2D eigenvalue weighted by molar-refractivity contribution is -0.267. The predicted octanol–water partition coefficient (Wildman–Crippen LogP) is 2.42. The van der Waals surface area contributed by atoms with Crippen LogP contribution >= 0.6 is 11.3 Å². The Morgan fingerprint density at radius 1 is 1.32 bits per heavy atom. The van der Waals surface area contributed by atoms with Crippen molar-refractivity contribution in [3.63, 3.8) is 0 Å². The van der Waals surface area contributed by atoms with Gasteiger partial charge in [0.2, 0.25) is 11.5 Å². The Hall–Kier alpha value is -2.20. The SMILES string of the molecule is CCC(NC(=O)CC(O)(c1nc2ccccc2s1)C(F)(F)F)C(=O)O. The third kappa shape index (κ3) is 3.90. The number of carbonyl (C=O) groups excluding carboxylic acids is 1. The molecule has 10 heteroatoms. The van der Waals surface area contributed by atoms with Crippen molar-refractivity contribution in [3.8, 4) is 0 Å². The standard InChI is InChI=1S/C15H15F3N2O4S/c1-2-8(12(22)23)19-11(21)7-14(24,15(16,17)18)13-20-9-5-3-4-6-10(9)25-13/h3-6,8,24H,2,7H2,1H3,(H,19,21)(H,22,23). The number of fused-ring (bicyclic) bond motifs is 1. The molecule has 0 saturated carbocycles. The fraction of sp³-hybridized carbons (Fsp3) is 0.400. The molecule has 2 aromatic rings. The van der Waals surface area contributed by atoms with Crippen LogP contribution < -0.4 is 5.32 Å². The van der Waals surface area contributed by atoms with E-state index in [9.17, 15) is 27.9 Å². The number of aliphatic hydroxyl groups is 1. The summed E-state index contributed by atoms with van der Waals surface area (Å²) in [6.45, 7) is 1.46. The van der Waals surface area contributed by atoms with Gasteiger partial charge in [-0.1, -0.05) is 19.1 Å². The van der Waals surface area contributed by atoms with Gasteiger partial charge in [0.05, 0.1) is 16.6 Å². The van der Waals surface area contributed by atoms with E-state index >= 15 is 0 Å². The summed E-state index contributed by atoms with van der Waals surface area (Å²) >= 11 is 0.627. The van der Waals surface area contributed by atoms with Crippen LogP contribution in [0.3, 0.4) is 0 Å². The first-order chi connectivity index (χ1) is 11.6. The molecular formula is C15H15F3N2O4S. The summed E-state index contributed by atoms with van der Waals surface area (Å²) in [6, 6.07) is 4.90. The lowest BCUT2D eigenvalue weighted by atomic mass is 9.99. The smallest absolute Gasteiger partial charge is 0.424 e. The van der Waals surface area contributed by atoms with E-state index in [1.807, 2.05) is 5.32 Å². The van der Waals surface area contributed by atoms with Gasteiger partial charge in [0, 0.05) is 0 Å². The zero-order chi connectivity index (χ0) is 18.8. The number of carboxylic acid groups (broad SMARTS) is 1. The molecule has 6 nitrogen and oxygen atoms in total. The molecule has 0 radical (unpaired) electrons. The monoisotopic (exact) mass is 376 g/mol. The lowest BCUT2D eigenvalue weighted by Crippen LogP contribution is -2.48. The van der Waals surface area contributed by atoms with Crippen LogP contribution in [0.5, 0.6) is 0 Å². The molecule has 3 N–H and O–H groups in total. The fourth-order valence-corrected chi connectivity index (χ4v) is 3.24. The maximum absolute atomic E-state index is 13.5. The minimum Gasteiger partial charge on any atom is -0.480 e. The average Bonchev–Trinajstić information content (AvgIpc) is 2.95. The summed E-state index contributed by atoms with van der Waals surface area (Å²) in [4.78, 5) is 26.6. The van der Waals surface area contributed by atoms with Crippen LogP contribution in [-0.4, -0.2) is 39.3 Å². The second-order valence-electron chi connectivity index (χ2n) is 5.39. The Morgan fingerprint density at radius 2 is 1.96 bits per heavy atom. The highest BCUT2D eigenvalue weighted by Crippen LogP contribution is 2.44. The number of nitrogens with one attached hydrogen (secondary N) is 1. The molecule has 1 aromatic carbocycles. The zero-order valence-corrected chi connectivity index (χ0v) is 13.8. The van der Waals surface area contributed by atoms with E-state index in [0.29, 0.717) is 16.0 Å². The van der Waals surface area contributed by atoms with Gasteiger partial charge in [0.1, 0.15) is 11.0 Å². The highest BCUT2D eigenvalue weighted by atomic mass is 32.1. The number of benzene rings is 1. The number of rotatable bonds is 6. The molecule has 2 unspecified atom stereocenters. The van der Waals surface area contributed by atoms with Crippen molar-refractivity contribution in [1.82, 2.24) is 10.3 Å². The van der Waals surface area contributed by atoms with E-state index in [1.165, 1.54) is 13.0 Å². The molecule has 0 bridgehead atoms. The molecule has 0 aliphatic heterocycles. The van der Waals surface area contributed by atoms with Crippen molar-refractivity contribution >= 4 is 33.4 Å². The maximum atomic E-state index is 13.5. The number of nitrogens with zero attached hydrogens (tertiary/aromatic N) is 1. The number of halogens is 3. The predicted molar refractivity (Wildman–Crippen MR) is 84.0 cm³/mol. The minimum absolute atomic E-state index is 0.00728. The Bertz CT molecular complexity index is 759. The van der Waals surface area contributed by atoms with E-state index in [4.69, 9.17) is 5.11 Å². The van der Waals surface area contributed by atoms with Gasteiger partial charge in [0.15, 0.2) is 0 Å². The molecule has 25 heavy (non-hydrogen) atoms. The van der Waals surface area contributed by atoms with Gasteiger partial charge in [-0.3, -0.25) is 4.79 Å². The Kier molecular flexibility index (Phi) is 5.33. The second-order valence-corrected chi connectivity index (χ2v) is 6.42. The van der Waals surface area contributed by atoms with Crippen LogP contribution in [0, 0.1) is 0 Å². The van der Waals surface area contributed by atoms with Crippen LogP contribution in [0.1, 0.15) is 24.8 Å². The Labute approximate surface area is 144 Å². The highest BCUT2D eigenvalue weighted by molar-refractivity contribution is 7.18. The topological polar surface area (TPSA) is 99.5 Å². The highest BCUT2D eigenvalue weighted by Gasteiger charge is 2.58. The van der Waals surface area contributed by atoms with Crippen molar-refractivity contribution in [2.75, 3.05) is 0 Å². The summed E-state index contributed by atoms with van der Waals surface area (Å²) in [5, 5.41) is 20.4. The molecule has 2 atom stereocenters. The Morgan fingerprint density at radius 3 is 2.48 bits per heavy atom. The summed E-state index contributed by atoms with van der Waals surface area (Å²) < 4.78 is 40.9. The molecule has 1 heterocycles. The van der Waals surface area contributed by atoms with E-state index in [1.54, 1.807) is 18.2 Å². The number of carbonyl (C=O) groups is 2. The van der Waals surface area contributed by atoms with Crippen molar-refractivity contribution in [1.29, 1.82) is 0 Å². The second kappa shape index (κ2) is 6.96. The summed E-state index contributed by atoms with van der Waals surface area (Å²) in [6.07, 6.45) is -6.55. The molecule has 136 valence electrons. The van der Waals surface area contributed by atoms with Crippen LogP contribution in [0.25, 0.3) is 10.2 Å². The van der Waals surface area contributed by atoms with E-state index in [2.05, 4.69) is 4.98 Å². The van der Waals surface area contributed by atoms with Crippen molar-refractivity contribution in [3.05, 3.63) is 29.3 Å². The van der Waals surface area contributed by atoms with E-state index in [0.717, 1.165) is 0 Å². The quantitative estimate of drug-likeness (QED) is 0.719. The molecule has 2 rings (SSSR count). The molecular weight excluding hydrogens is 361 g/mol. The number of alkyl halides is 3. The number of aromatic nitrogens is 1. The summed E-state index contributed by atoms with van der Waals surface area (Å²) in [5.41, 5.74) is -3.24. The molecule has 0 saturated heterocycles. The first kappa shape index (κ1) is 19.1. The average molecular weight is 376 g/mol. The third-order valence-corrected chi connectivity index (χ3v) is 4.76. The van der Waals surface area contributed by atoms with Crippen molar-refractivity contribution in [2.45, 2.75) is 37.6 Å². The van der Waals surface area contributed by atoms with Gasteiger partial charge in [-0.25, -0.2) is 9.78 Å². The molecule has 0 aliphatic rings. The number of carboxylic acids is 1. The summed E-state index contributed by atoms with van der Waals surface area (Å²) in [7, 11) is 0. The molecule has 0 aliphatic carbocycles. The molecule has 1 amide bonds. The van der Waals surface area contributed by atoms with Crippen molar-refractivity contribution in [2.24, 2.45) is 0 Å². The number of para-hydroxylation sites is 1. The third-order valence-electron chi connectivity index (χ3n) is 3.57. The molecule has 1 aromatic heterocycles. The lowest BCUT2D eigenvalue weighted by Gasteiger charge is -2.28. The van der Waals surface area contributed by atoms with Gasteiger partial charge in [-0.05, 0) is 18.6 Å². The van der Waals surface area contributed by atoms with E-state index in [-0.39, 0.29) is 11.9 Å². The normalized spacial score (nSPS) is 15.6. The van der Waals surface area contributed by atoms with Crippen LogP contribution in [0.4, 0.5) is 13.2 Å². The van der Waals surface area contributed by atoms with Crippen LogP contribution in [0.2, 0.25) is 0 Å². The van der Waals surface area contributed by atoms with Crippen molar-refractivity contribution < 1.29 is 33.0 Å². The molecule has 0 spiro atoms. The fourth-order valence-electron chi connectivity index (χ4n) is 2.16. The first-order valence-electron chi connectivity index (χ1n) is 7.26. The first-order valence-corrected chi connectivity index (χ1v) is 8.07.